The van der Waals surface area contributed by atoms with Crippen LogP contribution in [0.4, 0.5) is 4.79 Å². The van der Waals surface area contributed by atoms with Gasteiger partial charge in [-0.1, -0.05) is 23.7 Å². The van der Waals surface area contributed by atoms with Crippen molar-refractivity contribution in [3.8, 4) is 0 Å². The molecule has 0 aromatic heterocycles. The molecule has 2 atom stereocenters. The molecule has 1 fully saturated rings. The minimum atomic E-state index is -0.469. The fourth-order valence-electron chi connectivity index (χ4n) is 2.66. The van der Waals surface area contributed by atoms with Gasteiger partial charge in [-0.15, -0.1) is 0 Å². The van der Waals surface area contributed by atoms with Crippen LogP contribution in [0.1, 0.15) is 50.8 Å². The summed E-state index contributed by atoms with van der Waals surface area (Å²) in [6.45, 7) is 8.48. The summed E-state index contributed by atoms with van der Waals surface area (Å²) >= 11 is 6.08. The molecule has 122 valence electrons. The van der Waals surface area contributed by atoms with Gasteiger partial charge in [0, 0.05) is 17.1 Å². The molecule has 0 aliphatic carbocycles. The molecular formula is C17H25ClN2O2. The summed E-state index contributed by atoms with van der Waals surface area (Å²) in [5.74, 6) is 0. The molecule has 2 unspecified atom stereocenters. The lowest BCUT2D eigenvalue weighted by molar-refractivity contribution is 0.0490. The number of piperidine rings is 1. The molecule has 1 amide bonds. The maximum absolute atomic E-state index is 11.9. The predicted molar refractivity (Wildman–Crippen MR) is 89.3 cm³/mol. The van der Waals surface area contributed by atoms with Crippen LogP contribution in [0.15, 0.2) is 18.2 Å². The summed E-state index contributed by atoms with van der Waals surface area (Å²) in [6, 6.07) is 6.43. The Bertz CT molecular complexity index is 540. The Morgan fingerprint density at radius 1 is 1.41 bits per heavy atom. The van der Waals surface area contributed by atoms with E-state index >= 15 is 0 Å². The number of hydrogen-bond donors (Lipinski definition) is 2. The highest BCUT2D eigenvalue weighted by atomic mass is 35.5. The smallest absolute Gasteiger partial charge is 0.407 e. The van der Waals surface area contributed by atoms with Crippen molar-refractivity contribution in [1.29, 1.82) is 0 Å². The Morgan fingerprint density at radius 3 is 2.77 bits per heavy atom. The van der Waals surface area contributed by atoms with Crippen LogP contribution in [0.3, 0.4) is 0 Å². The lowest BCUT2D eigenvalue weighted by atomic mass is 9.93. The van der Waals surface area contributed by atoms with Crippen molar-refractivity contribution in [2.24, 2.45) is 0 Å². The topological polar surface area (TPSA) is 50.4 Å². The Balaban J connectivity index is 1.96. The van der Waals surface area contributed by atoms with Gasteiger partial charge in [-0.05, 0) is 64.3 Å². The van der Waals surface area contributed by atoms with Gasteiger partial charge in [-0.2, -0.15) is 0 Å². The summed E-state index contributed by atoms with van der Waals surface area (Å²) in [5.41, 5.74) is 1.81. The summed E-state index contributed by atoms with van der Waals surface area (Å²) in [7, 11) is 0. The normalized spacial score (nSPS) is 22.2. The number of halogens is 1. The van der Waals surface area contributed by atoms with Gasteiger partial charge >= 0.3 is 6.09 Å². The van der Waals surface area contributed by atoms with E-state index in [1.165, 1.54) is 5.56 Å². The zero-order valence-corrected chi connectivity index (χ0v) is 14.5. The van der Waals surface area contributed by atoms with Crippen molar-refractivity contribution in [3.63, 3.8) is 0 Å². The van der Waals surface area contributed by atoms with E-state index in [0.717, 1.165) is 30.0 Å². The average Bonchev–Trinajstić information content (AvgIpc) is 2.40. The van der Waals surface area contributed by atoms with Crippen molar-refractivity contribution >= 4 is 17.7 Å². The lowest BCUT2D eigenvalue weighted by Gasteiger charge is -2.32. The number of carbonyl (C=O) groups excluding carboxylic acids is 1. The number of carbonyl (C=O) groups is 1. The number of amides is 1. The molecule has 2 rings (SSSR count). The third-order valence-electron chi connectivity index (χ3n) is 3.71. The first-order valence-corrected chi connectivity index (χ1v) is 8.11. The molecule has 0 radical (unpaired) electrons. The molecule has 5 heteroatoms. The van der Waals surface area contributed by atoms with Crippen LogP contribution < -0.4 is 10.6 Å². The van der Waals surface area contributed by atoms with Crippen LogP contribution in [0, 0.1) is 6.92 Å². The van der Waals surface area contributed by atoms with Gasteiger partial charge in [-0.3, -0.25) is 0 Å². The molecule has 1 heterocycles. The van der Waals surface area contributed by atoms with E-state index in [4.69, 9.17) is 16.3 Å². The average molecular weight is 325 g/mol. The zero-order chi connectivity index (χ0) is 16.3. The monoisotopic (exact) mass is 324 g/mol. The molecule has 1 aromatic rings. The van der Waals surface area contributed by atoms with Crippen molar-refractivity contribution in [3.05, 3.63) is 34.3 Å². The molecule has 1 aromatic carbocycles. The first-order valence-electron chi connectivity index (χ1n) is 7.73. The van der Waals surface area contributed by atoms with Gasteiger partial charge in [0.1, 0.15) is 5.60 Å². The fourth-order valence-corrected chi connectivity index (χ4v) is 2.78. The fraction of sp³-hybridized carbons (Fsp3) is 0.588. The van der Waals surface area contributed by atoms with Crippen molar-refractivity contribution < 1.29 is 9.53 Å². The van der Waals surface area contributed by atoms with Crippen LogP contribution in [0.2, 0.25) is 5.02 Å². The number of aryl methyl sites for hydroxylation is 1. The van der Waals surface area contributed by atoms with E-state index < -0.39 is 5.60 Å². The largest absolute Gasteiger partial charge is 0.444 e. The van der Waals surface area contributed by atoms with Crippen LogP contribution >= 0.6 is 11.6 Å². The van der Waals surface area contributed by atoms with Gasteiger partial charge in [0.2, 0.25) is 0 Å². The summed E-state index contributed by atoms with van der Waals surface area (Å²) in [5, 5.41) is 7.25. The number of nitrogens with one attached hydrogen (secondary N) is 2. The molecule has 2 N–H and O–H groups in total. The molecule has 1 aliphatic rings. The lowest BCUT2D eigenvalue weighted by Crippen LogP contribution is -2.45. The number of rotatable bonds is 2. The molecule has 4 nitrogen and oxygen atoms in total. The number of hydrogen-bond acceptors (Lipinski definition) is 3. The molecule has 1 aliphatic heterocycles. The highest BCUT2D eigenvalue weighted by Crippen LogP contribution is 2.26. The summed E-state index contributed by atoms with van der Waals surface area (Å²) in [6.07, 6.45) is 1.41. The molecule has 0 saturated carbocycles. The number of alkyl carbamates (subject to hydrolysis) is 1. The molecule has 0 bridgehead atoms. The zero-order valence-electron chi connectivity index (χ0n) is 13.7. The first kappa shape index (κ1) is 17.1. The van der Waals surface area contributed by atoms with E-state index in [2.05, 4.69) is 16.7 Å². The summed E-state index contributed by atoms with van der Waals surface area (Å²) in [4.78, 5) is 11.9. The van der Waals surface area contributed by atoms with Gasteiger partial charge in [-0.25, -0.2) is 4.79 Å². The highest BCUT2D eigenvalue weighted by Gasteiger charge is 2.26. The maximum atomic E-state index is 11.9. The predicted octanol–water partition coefficient (Wildman–Crippen LogP) is 3.97. The molecular weight excluding hydrogens is 300 g/mol. The third-order valence-corrected chi connectivity index (χ3v) is 4.13. The van der Waals surface area contributed by atoms with Gasteiger partial charge in [0.15, 0.2) is 0 Å². The highest BCUT2D eigenvalue weighted by molar-refractivity contribution is 6.31. The van der Waals surface area contributed by atoms with Crippen LogP contribution in [0.25, 0.3) is 0 Å². The molecule has 1 saturated heterocycles. The van der Waals surface area contributed by atoms with Crippen LogP contribution in [-0.4, -0.2) is 24.3 Å². The van der Waals surface area contributed by atoms with Gasteiger partial charge < -0.3 is 15.4 Å². The van der Waals surface area contributed by atoms with Crippen molar-refractivity contribution in [2.75, 3.05) is 6.54 Å². The van der Waals surface area contributed by atoms with E-state index in [9.17, 15) is 4.79 Å². The van der Waals surface area contributed by atoms with E-state index in [-0.39, 0.29) is 18.2 Å². The minimum absolute atomic E-state index is 0.122. The Morgan fingerprint density at radius 2 is 2.14 bits per heavy atom. The van der Waals surface area contributed by atoms with Crippen molar-refractivity contribution in [2.45, 2.75) is 58.2 Å². The second kappa shape index (κ2) is 6.88. The molecule has 0 spiro atoms. The van der Waals surface area contributed by atoms with E-state index in [1.807, 2.05) is 39.8 Å². The Labute approximate surface area is 137 Å². The van der Waals surface area contributed by atoms with Crippen molar-refractivity contribution in [1.82, 2.24) is 10.6 Å². The second-order valence-corrected chi connectivity index (χ2v) is 7.29. The van der Waals surface area contributed by atoms with Gasteiger partial charge in [0.25, 0.3) is 0 Å². The first-order chi connectivity index (χ1) is 10.2. The Hall–Kier alpha value is -1.26. The number of benzene rings is 1. The number of ether oxygens (including phenoxy) is 1. The third kappa shape index (κ3) is 4.89. The SMILES string of the molecule is Cc1cc(C2CC(NC(=O)OC(C)(C)C)CCN2)ccc1Cl. The maximum Gasteiger partial charge on any atom is 0.407 e. The van der Waals surface area contributed by atoms with E-state index in [1.54, 1.807) is 0 Å². The standard InChI is InChI=1S/C17H25ClN2O2/c1-11-9-12(5-6-14(11)18)15-10-13(7-8-19-15)20-16(21)22-17(2,3)4/h5-6,9,13,15,19H,7-8,10H2,1-4H3,(H,20,21). The minimum Gasteiger partial charge on any atom is -0.444 e. The molecule has 22 heavy (non-hydrogen) atoms. The summed E-state index contributed by atoms with van der Waals surface area (Å²) < 4.78 is 5.33. The Kier molecular flexibility index (Phi) is 5.35. The van der Waals surface area contributed by atoms with Crippen LogP contribution in [0.5, 0.6) is 0 Å². The quantitative estimate of drug-likeness (QED) is 0.865. The second-order valence-electron chi connectivity index (χ2n) is 6.88. The van der Waals surface area contributed by atoms with Gasteiger partial charge in [0.05, 0.1) is 0 Å². The van der Waals surface area contributed by atoms with Crippen LogP contribution in [-0.2, 0) is 4.74 Å². The van der Waals surface area contributed by atoms with E-state index in [0.29, 0.717) is 0 Å².